The molecule has 0 aromatic rings. The molecule has 15 heavy (non-hydrogen) atoms. The number of unbranched alkanes of at least 4 members (excludes halogenated alkanes) is 2. The number of nitrogens with zero attached hydrogens (tertiary/aromatic N) is 1. The molecule has 0 radical (unpaired) electrons. The summed E-state index contributed by atoms with van der Waals surface area (Å²) < 4.78 is 5.57. The summed E-state index contributed by atoms with van der Waals surface area (Å²) in [6.07, 6.45) is 5.23. The topological polar surface area (TPSA) is 12.2 Å². The lowest BCUT2D eigenvalue weighted by molar-refractivity contribution is 0.122. The zero-order valence-electron chi connectivity index (χ0n) is 10.7. The first-order valence-electron chi connectivity index (χ1n) is 6.38. The lowest BCUT2D eigenvalue weighted by Crippen LogP contribution is -2.09. The molecular formula is C13H27NO. The molecule has 0 aromatic heterocycles. The summed E-state index contributed by atoms with van der Waals surface area (Å²) in [5.74, 6) is 0. The van der Waals surface area contributed by atoms with Gasteiger partial charge in [-0.25, -0.2) is 0 Å². The van der Waals surface area contributed by atoms with E-state index in [1.54, 1.807) is 0 Å². The van der Waals surface area contributed by atoms with Crippen molar-refractivity contribution < 1.29 is 4.74 Å². The van der Waals surface area contributed by atoms with Crippen molar-refractivity contribution in [3.05, 3.63) is 0 Å². The fourth-order valence-electron chi connectivity index (χ4n) is 1.63. The molecule has 1 rings (SSSR count). The molecule has 0 bridgehead atoms. The van der Waals surface area contributed by atoms with Crippen LogP contribution in [-0.4, -0.2) is 37.7 Å². The monoisotopic (exact) mass is 213 g/mol. The van der Waals surface area contributed by atoms with Crippen molar-refractivity contribution in [3.63, 3.8) is 0 Å². The average molecular weight is 213 g/mol. The smallest absolute Gasteiger partial charge is 0.0593 e. The molecule has 0 spiro atoms. The Morgan fingerprint density at radius 3 is 2.33 bits per heavy atom. The molecule has 1 saturated heterocycles. The number of hydrogen-bond acceptors (Lipinski definition) is 2. The van der Waals surface area contributed by atoms with Gasteiger partial charge in [0.05, 0.1) is 6.61 Å². The zero-order chi connectivity index (χ0) is 11.1. The van der Waals surface area contributed by atoms with E-state index in [1.165, 1.54) is 38.8 Å². The van der Waals surface area contributed by atoms with E-state index in [-0.39, 0.29) is 0 Å². The van der Waals surface area contributed by atoms with Crippen molar-refractivity contribution in [1.82, 2.24) is 4.90 Å². The molecular weight excluding hydrogens is 186 g/mol. The molecule has 2 nitrogen and oxygen atoms in total. The van der Waals surface area contributed by atoms with Gasteiger partial charge in [-0.05, 0) is 18.3 Å². The van der Waals surface area contributed by atoms with Crippen LogP contribution in [0.4, 0.5) is 0 Å². The van der Waals surface area contributed by atoms with E-state index in [2.05, 4.69) is 25.7 Å². The maximum atomic E-state index is 5.57. The van der Waals surface area contributed by atoms with Crippen molar-refractivity contribution >= 4 is 0 Å². The highest BCUT2D eigenvalue weighted by Gasteiger charge is 2.15. The fraction of sp³-hybridized carbons (Fsp3) is 1.00. The Morgan fingerprint density at radius 2 is 1.73 bits per heavy atom. The van der Waals surface area contributed by atoms with Crippen molar-refractivity contribution in [2.45, 2.75) is 46.5 Å². The van der Waals surface area contributed by atoms with Gasteiger partial charge < -0.3 is 4.74 Å². The molecule has 90 valence electrons. The third-order valence-electron chi connectivity index (χ3n) is 2.81. The van der Waals surface area contributed by atoms with Gasteiger partial charge in [-0.1, -0.05) is 33.6 Å². The van der Waals surface area contributed by atoms with E-state index in [9.17, 15) is 0 Å². The Morgan fingerprint density at radius 1 is 1.00 bits per heavy atom. The van der Waals surface area contributed by atoms with Gasteiger partial charge in [-0.3, -0.25) is 4.90 Å². The summed E-state index contributed by atoms with van der Waals surface area (Å²) in [7, 11) is 0. The molecule has 0 N–H and O–H groups in total. The van der Waals surface area contributed by atoms with Gasteiger partial charge >= 0.3 is 0 Å². The van der Waals surface area contributed by atoms with E-state index in [0.29, 0.717) is 5.41 Å². The van der Waals surface area contributed by atoms with E-state index in [4.69, 9.17) is 4.74 Å². The van der Waals surface area contributed by atoms with Crippen LogP contribution >= 0.6 is 0 Å². The van der Waals surface area contributed by atoms with Crippen molar-refractivity contribution in [3.8, 4) is 0 Å². The molecule has 2 heteroatoms. The van der Waals surface area contributed by atoms with E-state index >= 15 is 0 Å². The Bertz CT molecular complexity index is 158. The van der Waals surface area contributed by atoms with Crippen LogP contribution in [0.2, 0.25) is 0 Å². The second-order valence-corrected chi connectivity index (χ2v) is 5.83. The molecule has 0 aromatic carbocycles. The fourth-order valence-corrected chi connectivity index (χ4v) is 1.63. The molecule has 0 amide bonds. The lowest BCUT2D eigenvalue weighted by Gasteiger charge is -2.17. The molecule has 1 aliphatic heterocycles. The first-order chi connectivity index (χ1) is 7.08. The minimum Gasteiger partial charge on any atom is -0.380 e. The van der Waals surface area contributed by atoms with Crippen LogP contribution in [-0.2, 0) is 4.74 Å². The molecule has 0 unspecified atom stereocenters. The van der Waals surface area contributed by atoms with Crippen LogP contribution in [0.5, 0.6) is 0 Å². The van der Waals surface area contributed by atoms with Crippen molar-refractivity contribution in [2.75, 3.05) is 32.8 Å². The summed E-state index contributed by atoms with van der Waals surface area (Å²) in [6.45, 7) is 12.5. The van der Waals surface area contributed by atoms with Crippen LogP contribution in [0.15, 0.2) is 0 Å². The van der Waals surface area contributed by atoms with E-state index < -0.39 is 0 Å². The highest BCUT2D eigenvalue weighted by Crippen LogP contribution is 2.21. The lowest BCUT2D eigenvalue weighted by atomic mass is 9.89. The average Bonchev–Trinajstić information content (AvgIpc) is 2.91. The normalized spacial score (nSPS) is 17.0. The van der Waals surface area contributed by atoms with Crippen LogP contribution in [0.3, 0.4) is 0 Å². The molecule has 1 fully saturated rings. The zero-order valence-corrected chi connectivity index (χ0v) is 10.7. The predicted octanol–water partition coefficient (Wildman–Crippen LogP) is 2.93. The van der Waals surface area contributed by atoms with Gasteiger partial charge in [0, 0.05) is 26.2 Å². The largest absolute Gasteiger partial charge is 0.380 e. The molecule has 1 aliphatic rings. The molecule has 0 aliphatic carbocycles. The van der Waals surface area contributed by atoms with Crippen molar-refractivity contribution in [2.24, 2.45) is 5.41 Å². The minimum atomic E-state index is 0.500. The van der Waals surface area contributed by atoms with Crippen LogP contribution < -0.4 is 0 Å². The summed E-state index contributed by atoms with van der Waals surface area (Å²) >= 11 is 0. The highest BCUT2D eigenvalue weighted by atomic mass is 16.5. The third-order valence-corrected chi connectivity index (χ3v) is 2.81. The van der Waals surface area contributed by atoms with Crippen LogP contribution in [0.1, 0.15) is 46.5 Å². The Balaban J connectivity index is 1.72. The molecule has 0 atom stereocenters. The van der Waals surface area contributed by atoms with Gasteiger partial charge in [0.2, 0.25) is 0 Å². The van der Waals surface area contributed by atoms with E-state index in [1.807, 2.05) is 0 Å². The van der Waals surface area contributed by atoms with Gasteiger partial charge in [0.15, 0.2) is 0 Å². The summed E-state index contributed by atoms with van der Waals surface area (Å²) in [6, 6.07) is 0. The van der Waals surface area contributed by atoms with Gasteiger partial charge in [0.1, 0.15) is 0 Å². The van der Waals surface area contributed by atoms with E-state index in [0.717, 1.165) is 19.8 Å². The SMILES string of the molecule is CC(C)(C)CCCCCOCCN1CC1. The maximum absolute atomic E-state index is 5.57. The molecule has 1 heterocycles. The molecule has 0 saturated carbocycles. The quantitative estimate of drug-likeness (QED) is 0.454. The first-order valence-corrected chi connectivity index (χ1v) is 6.38. The number of ether oxygens (including phenoxy) is 1. The second kappa shape index (κ2) is 6.49. The van der Waals surface area contributed by atoms with Gasteiger partial charge in [-0.2, -0.15) is 0 Å². The number of hydrogen-bond donors (Lipinski definition) is 0. The van der Waals surface area contributed by atoms with Gasteiger partial charge in [-0.15, -0.1) is 0 Å². The van der Waals surface area contributed by atoms with Crippen LogP contribution in [0.25, 0.3) is 0 Å². The Kier molecular flexibility index (Phi) is 5.62. The predicted molar refractivity (Wildman–Crippen MR) is 65.2 cm³/mol. The van der Waals surface area contributed by atoms with Crippen molar-refractivity contribution in [1.29, 1.82) is 0 Å². The third kappa shape index (κ3) is 8.88. The Hall–Kier alpha value is -0.0800. The second-order valence-electron chi connectivity index (χ2n) is 5.83. The summed E-state index contributed by atoms with van der Waals surface area (Å²) in [4.78, 5) is 2.40. The summed E-state index contributed by atoms with van der Waals surface area (Å²) in [5, 5.41) is 0. The van der Waals surface area contributed by atoms with Gasteiger partial charge in [0.25, 0.3) is 0 Å². The Labute approximate surface area is 95.0 Å². The minimum absolute atomic E-state index is 0.500. The first kappa shape index (κ1) is 13.0. The number of rotatable bonds is 8. The highest BCUT2D eigenvalue weighted by molar-refractivity contribution is 4.71. The van der Waals surface area contributed by atoms with Crippen LogP contribution in [0, 0.1) is 5.41 Å². The summed E-state index contributed by atoms with van der Waals surface area (Å²) in [5.41, 5.74) is 0.500. The standard InChI is InChI=1S/C13H27NO/c1-13(2,3)7-5-4-6-11-15-12-10-14-8-9-14/h4-12H2,1-3H3. The maximum Gasteiger partial charge on any atom is 0.0593 e.